The Bertz CT molecular complexity index is 392. The molecule has 0 N–H and O–H groups in total. The maximum absolute atomic E-state index is 12.6. The second-order valence-electron chi connectivity index (χ2n) is 3.50. The number of hydrogen-bond acceptors (Lipinski definition) is 1. The van der Waals surface area contributed by atoms with Gasteiger partial charge in [-0.15, -0.1) is 13.2 Å². The number of hydrogen-bond donors (Lipinski definition) is 0. The molecule has 0 aliphatic carbocycles. The van der Waals surface area contributed by atoms with Crippen LogP contribution in [0.25, 0.3) is 0 Å². The van der Waals surface area contributed by atoms with E-state index in [4.69, 9.17) is 0 Å². The molecule has 1 aromatic rings. The number of aryl methyl sites for hydroxylation is 1. The summed E-state index contributed by atoms with van der Waals surface area (Å²) in [4.78, 5) is 0. The highest BCUT2D eigenvalue weighted by Crippen LogP contribution is 2.30. The molecule has 102 valence electrons. The molecule has 1 nitrogen and oxygen atoms in total. The van der Waals surface area contributed by atoms with Crippen molar-refractivity contribution in [3.05, 3.63) is 29.3 Å². The zero-order chi connectivity index (χ0) is 13.8. The Hall–Kier alpha value is -0.850. The van der Waals surface area contributed by atoms with Gasteiger partial charge in [-0.3, -0.25) is 0 Å². The van der Waals surface area contributed by atoms with Gasteiger partial charge in [0.05, 0.1) is 0 Å². The van der Waals surface area contributed by atoms with Crippen molar-refractivity contribution in [1.29, 1.82) is 0 Å². The monoisotopic (exact) mass is 332 g/mol. The third-order valence-corrected chi connectivity index (χ3v) is 2.72. The van der Waals surface area contributed by atoms with Crippen molar-refractivity contribution < 1.29 is 26.7 Å². The first-order valence-electron chi connectivity index (χ1n) is 5.06. The summed E-state index contributed by atoms with van der Waals surface area (Å²) in [5, 5.41) is 0.583. The third kappa shape index (κ3) is 4.80. The summed E-state index contributed by atoms with van der Waals surface area (Å²) < 4.78 is 65.0. The highest BCUT2D eigenvalue weighted by atomic mass is 79.9. The van der Waals surface area contributed by atoms with Crippen LogP contribution in [-0.2, 0) is 6.42 Å². The van der Waals surface area contributed by atoms with Crippen LogP contribution in [0.5, 0.6) is 5.75 Å². The molecule has 0 heterocycles. The summed E-state index contributed by atoms with van der Waals surface area (Å²) in [5.74, 6) is -0.475. The minimum atomic E-state index is -4.82. The minimum absolute atomic E-state index is 0.172. The fourth-order valence-electron chi connectivity index (χ4n) is 1.47. The second kappa shape index (κ2) is 6.36. The van der Waals surface area contributed by atoms with Crippen LogP contribution < -0.4 is 4.74 Å². The molecule has 0 spiro atoms. The highest BCUT2D eigenvalue weighted by molar-refractivity contribution is 9.09. The van der Waals surface area contributed by atoms with Gasteiger partial charge in [-0.25, -0.2) is 8.78 Å². The molecule has 1 rings (SSSR count). The molecular formula is C11H10BrF5O. The topological polar surface area (TPSA) is 9.23 Å². The zero-order valence-corrected chi connectivity index (χ0v) is 10.7. The minimum Gasteiger partial charge on any atom is -0.406 e. The molecule has 7 heteroatoms. The molecule has 0 aliphatic rings. The van der Waals surface area contributed by atoms with E-state index in [1.54, 1.807) is 0 Å². The molecule has 0 aliphatic heterocycles. The van der Waals surface area contributed by atoms with Crippen LogP contribution >= 0.6 is 15.9 Å². The Kier molecular flexibility index (Phi) is 5.37. The van der Waals surface area contributed by atoms with Gasteiger partial charge in [0, 0.05) is 10.9 Å². The van der Waals surface area contributed by atoms with Crippen molar-refractivity contribution in [2.24, 2.45) is 0 Å². The van der Waals surface area contributed by atoms with Gasteiger partial charge in [-0.1, -0.05) is 15.9 Å². The fraction of sp³-hybridized carbons (Fsp3) is 0.455. The fourth-order valence-corrected chi connectivity index (χ4v) is 1.75. The van der Waals surface area contributed by atoms with Crippen LogP contribution in [0, 0.1) is 0 Å². The molecule has 0 amide bonds. The average Bonchev–Trinajstić information content (AvgIpc) is 2.23. The molecular weight excluding hydrogens is 323 g/mol. The molecule has 0 aromatic heterocycles. The lowest BCUT2D eigenvalue weighted by molar-refractivity contribution is -0.274. The van der Waals surface area contributed by atoms with E-state index in [0.717, 1.165) is 18.2 Å². The maximum Gasteiger partial charge on any atom is 0.573 e. The Balaban J connectivity index is 2.97. The van der Waals surface area contributed by atoms with Crippen molar-refractivity contribution in [3.63, 3.8) is 0 Å². The Morgan fingerprint density at radius 2 is 1.89 bits per heavy atom. The molecule has 0 unspecified atom stereocenters. The van der Waals surface area contributed by atoms with Crippen molar-refractivity contribution in [1.82, 2.24) is 0 Å². The summed E-state index contributed by atoms with van der Waals surface area (Å²) >= 11 is 3.14. The van der Waals surface area contributed by atoms with Crippen LogP contribution in [0.3, 0.4) is 0 Å². The number of rotatable bonds is 5. The maximum atomic E-state index is 12.6. The number of ether oxygens (including phenoxy) is 1. The lowest BCUT2D eigenvalue weighted by atomic mass is 10.0. The van der Waals surface area contributed by atoms with Crippen LogP contribution in [0.15, 0.2) is 18.2 Å². The molecule has 0 radical (unpaired) electrons. The molecule has 0 atom stereocenters. The van der Waals surface area contributed by atoms with Crippen molar-refractivity contribution in [3.8, 4) is 5.75 Å². The lowest BCUT2D eigenvalue weighted by Gasteiger charge is -2.13. The highest BCUT2D eigenvalue weighted by Gasteiger charge is 2.31. The smallest absolute Gasteiger partial charge is 0.406 e. The van der Waals surface area contributed by atoms with Crippen LogP contribution in [-0.4, -0.2) is 11.7 Å². The average molecular weight is 333 g/mol. The van der Waals surface area contributed by atoms with E-state index >= 15 is 0 Å². The van der Waals surface area contributed by atoms with E-state index in [2.05, 4.69) is 20.7 Å². The third-order valence-electron chi connectivity index (χ3n) is 2.16. The van der Waals surface area contributed by atoms with Gasteiger partial charge in [0.1, 0.15) is 5.75 Å². The van der Waals surface area contributed by atoms with Gasteiger partial charge >= 0.3 is 6.36 Å². The zero-order valence-electron chi connectivity index (χ0n) is 9.11. The van der Waals surface area contributed by atoms with E-state index in [-0.39, 0.29) is 17.5 Å². The van der Waals surface area contributed by atoms with Crippen LogP contribution in [0.1, 0.15) is 24.0 Å². The first-order valence-corrected chi connectivity index (χ1v) is 6.18. The first-order chi connectivity index (χ1) is 8.33. The number of alkyl halides is 6. The van der Waals surface area contributed by atoms with Gasteiger partial charge in [0.25, 0.3) is 6.43 Å². The molecule has 0 fully saturated rings. The largest absolute Gasteiger partial charge is 0.573 e. The standard InChI is InChI=1S/C11H10BrF5O/c12-5-1-2-7-6-8(18-11(15,16)17)3-4-9(7)10(13)14/h3-4,6,10H,1-2,5H2. The normalized spacial score (nSPS) is 11.9. The number of benzene rings is 1. The Morgan fingerprint density at radius 1 is 1.22 bits per heavy atom. The molecule has 0 saturated carbocycles. The quantitative estimate of drug-likeness (QED) is 0.553. The van der Waals surface area contributed by atoms with E-state index in [9.17, 15) is 22.0 Å². The van der Waals surface area contributed by atoms with Crippen molar-refractivity contribution in [2.75, 3.05) is 5.33 Å². The second-order valence-corrected chi connectivity index (χ2v) is 4.29. The molecule has 1 aromatic carbocycles. The van der Waals surface area contributed by atoms with Gasteiger partial charge in [0.15, 0.2) is 0 Å². The van der Waals surface area contributed by atoms with E-state index in [0.29, 0.717) is 11.8 Å². The Labute approximate surface area is 109 Å². The molecule has 0 bridgehead atoms. The molecule has 18 heavy (non-hydrogen) atoms. The van der Waals surface area contributed by atoms with Crippen molar-refractivity contribution >= 4 is 15.9 Å². The van der Waals surface area contributed by atoms with Crippen LogP contribution in [0.2, 0.25) is 0 Å². The summed E-state index contributed by atoms with van der Waals surface area (Å²) in [5.41, 5.74) is -0.0864. The molecule has 0 saturated heterocycles. The van der Waals surface area contributed by atoms with Crippen LogP contribution in [0.4, 0.5) is 22.0 Å². The number of halogens is 6. The predicted octanol–water partition coefficient (Wildman–Crippen LogP) is 4.85. The lowest BCUT2D eigenvalue weighted by Crippen LogP contribution is -2.17. The summed E-state index contributed by atoms with van der Waals surface area (Å²) in [6.07, 6.45) is -6.72. The summed E-state index contributed by atoms with van der Waals surface area (Å²) in [6, 6.07) is 2.87. The Morgan fingerprint density at radius 3 is 2.39 bits per heavy atom. The van der Waals surface area contributed by atoms with E-state index in [1.165, 1.54) is 0 Å². The van der Waals surface area contributed by atoms with Crippen molar-refractivity contribution in [2.45, 2.75) is 25.6 Å². The summed E-state index contributed by atoms with van der Waals surface area (Å²) in [6.45, 7) is 0. The predicted molar refractivity (Wildman–Crippen MR) is 60.2 cm³/mol. The van der Waals surface area contributed by atoms with Gasteiger partial charge in [-0.2, -0.15) is 0 Å². The van der Waals surface area contributed by atoms with E-state index < -0.39 is 18.5 Å². The van der Waals surface area contributed by atoms with Gasteiger partial charge in [-0.05, 0) is 36.6 Å². The first kappa shape index (κ1) is 15.2. The summed E-state index contributed by atoms with van der Waals surface area (Å²) in [7, 11) is 0. The van der Waals surface area contributed by atoms with Gasteiger partial charge in [0.2, 0.25) is 0 Å². The SMILES string of the molecule is FC(F)c1ccc(OC(F)(F)F)cc1CCCBr. The van der Waals surface area contributed by atoms with Gasteiger partial charge < -0.3 is 4.74 Å². The van der Waals surface area contributed by atoms with E-state index in [1.807, 2.05) is 0 Å².